The number of terminal acetylenes is 1. The van der Waals surface area contributed by atoms with E-state index in [0.29, 0.717) is 34.4 Å². The van der Waals surface area contributed by atoms with Crippen LogP contribution in [0, 0.1) is 12.3 Å². The van der Waals surface area contributed by atoms with Crippen molar-refractivity contribution in [2.75, 3.05) is 19.1 Å². The van der Waals surface area contributed by atoms with Crippen LogP contribution in [0.4, 0.5) is 0 Å². The van der Waals surface area contributed by atoms with E-state index < -0.39 is 31.8 Å². The van der Waals surface area contributed by atoms with E-state index in [0.717, 1.165) is 23.8 Å². The van der Waals surface area contributed by atoms with Crippen molar-refractivity contribution in [1.29, 1.82) is 0 Å². The van der Waals surface area contributed by atoms with Crippen molar-refractivity contribution >= 4 is 47.3 Å². The molecule has 3 rings (SSSR count). The minimum Gasteiger partial charge on any atom is -0.305 e. The molecule has 1 amide bonds. The molecule has 1 aliphatic heterocycles. The molecule has 0 bridgehead atoms. The summed E-state index contributed by atoms with van der Waals surface area (Å²) in [6.07, 6.45) is 8.63. The van der Waals surface area contributed by atoms with Crippen LogP contribution in [0.5, 0.6) is 0 Å². The Morgan fingerprint density at radius 3 is 2.64 bits per heavy atom. The number of sulfone groups is 1. The van der Waals surface area contributed by atoms with Crippen LogP contribution in [0.2, 0.25) is 0 Å². The van der Waals surface area contributed by atoms with E-state index in [1.54, 1.807) is 10.6 Å². The van der Waals surface area contributed by atoms with Gasteiger partial charge in [-0.15, -0.1) is 6.42 Å². The number of aromatic nitrogens is 1. The predicted molar refractivity (Wildman–Crippen MR) is 107 cm³/mol. The van der Waals surface area contributed by atoms with Gasteiger partial charge in [-0.2, -0.15) is 9.30 Å². The molecule has 1 aliphatic rings. The molecule has 150 valence electrons. The molecular weight excluding hydrogens is 422 g/mol. The Morgan fingerprint density at radius 2 is 2.04 bits per heavy atom. The topological polar surface area (TPSA) is 106 Å². The van der Waals surface area contributed by atoms with Gasteiger partial charge in [-0.25, -0.2) is 16.8 Å². The van der Waals surface area contributed by atoms with Gasteiger partial charge in [0.15, 0.2) is 14.6 Å². The number of hydrogen-bond acceptors (Lipinski definition) is 6. The highest BCUT2D eigenvalue weighted by atomic mass is 32.2. The molecule has 0 saturated carbocycles. The second-order valence-electron chi connectivity index (χ2n) is 6.56. The molecule has 1 aromatic heterocycles. The van der Waals surface area contributed by atoms with Crippen LogP contribution < -0.4 is 4.80 Å². The Balaban J connectivity index is 2.12. The smallest absolute Gasteiger partial charge is 0.266 e. The monoisotopic (exact) mass is 441 g/mol. The quantitative estimate of drug-likeness (QED) is 0.646. The van der Waals surface area contributed by atoms with Crippen LogP contribution in [0.3, 0.4) is 0 Å². The Bertz CT molecular complexity index is 1260. The number of sulfonamides is 1. The van der Waals surface area contributed by atoms with Crippen molar-refractivity contribution in [1.82, 2.24) is 8.87 Å². The number of hydrogen-bond donors (Lipinski definition) is 0. The molecule has 0 N–H and O–H groups in total. The maximum Gasteiger partial charge on any atom is 0.266 e. The molecule has 1 unspecified atom stereocenters. The van der Waals surface area contributed by atoms with E-state index in [1.807, 2.05) is 0 Å². The molecule has 0 radical (unpaired) electrons. The molecule has 1 atom stereocenters. The summed E-state index contributed by atoms with van der Waals surface area (Å²) >= 11 is 1.14. The van der Waals surface area contributed by atoms with Crippen molar-refractivity contribution in [2.45, 2.75) is 30.3 Å². The van der Waals surface area contributed by atoms with Crippen LogP contribution in [-0.2, 0) is 31.2 Å². The van der Waals surface area contributed by atoms with Gasteiger partial charge in [0.1, 0.15) is 6.04 Å². The first kappa shape index (κ1) is 20.7. The molecule has 8 nitrogen and oxygen atoms in total. The van der Waals surface area contributed by atoms with Gasteiger partial charge in [0.2, 0.25) is 10.0 Å². The van der Waals surface area contributed by atoms with Crippen molar-refractivity contribution in [2.24, 2.45) is 4.99 Å². The highest BCUT2D eigenvalue weighted by Gasteiger charge is 2.36. The second kappa shape index (κ2) is 7.44. The Kier molecular flexibility index (Phi) is 5.51. The molecule has 28 heavy (non-hydrogen) atoms. The van der Waals surface area contributed by atoms with Crippen LogP contribution in [0.15, 0.2) is 28.1 Å². The van der Waals surface area contributed by atoms with E-state index >= 15 is 0 Å². The van der Waals surface area contributed by atoms with Crippen molar-refractivity contribution < 1.29 is 21.6 Å². The number of amides is 1. The first-order valence-corrected chi connectivity index (χ1v) is 12.9. The van der Waals surface area contributed by atoms with Gasteiger partial charge in [-0.05, 0) is 31.0 Å². The summed E-state index contributed by atoms with van der Waals surface area (Å²) in [6, 6.07) is 3.79. The summed E-state index contributed by atoms with van der Waals surface area (Å²) in [5.41, 5.74) is 0.660. The van der Waals surface area contributed by atoms with E-state index in [4.69, 9.17) is 6.42 Å². The van der Waals surface area contributed by atoms with Gasteiger partial charge in [-0.3, -0.25) is 4.79 Å². The zero-order valence-corrected chi connectivity index (χ0v) is 17.8. The zero-order chi connectivity index (χ0) is 20.7. The molecular formula is C17H19N3O5S3. The summed E-state index contributed by atoms with van der Waals surface area (Å²) in [7, 11) is -6.89. The van der Waals surface area contributed by atoms with E-state index in [2.05, 4.69) is 10.9 Å². The minimum atomic E-state index is -3.51. The van der Waals surface area contributed by atoms with E-state index in [1.165, 1.54) is 16.4 Å². The Hall–Kier alpha value is -2.00. The number of fused-ring (bicyclic) bond motifs is 1. The Morgan fingerprint density at radius 1 is 1.32 bits per heavy atom. The standard InChI is InChI=1S/C17H19N3O5S3/c1-4-9-19-13-8-7-12(27(2,22)23)11-15(13)26-17(19)18-16(21)14-6-5-10-20(14)28(3,24)25/h1,7-8,11,14H,5-6,9-10H2,2-3H3. The molecule has 1 saturated heterocycles. The normalized spacial score (nSPS) is 19.2. The van der Waals surface area contributed by atoms with Crippen LogP contribution in [-0.4, -0.2) is 56.7 Å². The van der Waals surface area contributed by atoms with Crippen molar-refractivity contribution in [3.63, 3.8) is 0 Å². The van der Waals surface area contributed by atoms with Gasteiger partial charge < -0.3 is 4.57 Å². The highest BCUT2D eigenvalue weighted by Crippen LogP contribution is 2.23. The van der Waals surface area contributed by atoms with Gasteiger partial charge in [0.25, 0.3) is 5.91 Å². The number of thiazole rings is 1. The largest absolute Gasteiger partial charge is 0.305 e. The zero-order valence-electron chi connectivity index (χ0n) is 15.3. The third-order valence-corrected chi connectivity index (χ3v) is 7.89. The molecule has 0 spiro atoms. The maximum atomic E-state index is 12.7. The Labute approximate surface area is 167 Å². The van der Waals surface area contributed by atoms with Gasteiger partial charge in [0.05, 0.1) is 27.9 Å². The van der Waals surface area contributed by atoms with Crippen LogP contribution in [0.25, 0.3) is 10.2 Å². The SMILES string of the molecule is C#CCn1c(=NC(=O)C2CCCN2S(C)(=O)=O)sc2cc(S(C)(=O)=O)ccc21. The predicted octanol–water partition coefficient (Wildman–Crippen LogP) is 0.591. The lowest BCUT2D eigenvalue weighted by Crippen LogP contribution is -2.39. The number of carbonyl (C=O) groups excluding carboxylic acids is 1. The summed E-state index contributed by atoms with van der Waals surface area (Å²) in [5, 5.41) is 0. The molecule has 1 aromatic carbocycles. The van der Waals surface area contributed by atoms with Crippen molar-refractivity contribution in [3.05, 3.63) is 23.0 Å². The fourth-order valence-electron chi connectivity index (χ4n) is 3.17. The number of benzene rings is 1. The van der Waals surface area contributed by atoms with Gasteiger partial charge in [-0.1, -0.05) is 17.3 Å². The molecule has 2 aromatic rings. The number of carbonyl (C=O) groups is 1. The summed E-state index contributed by atoms with van der Waals surface area (Å²) in [5.74, 6) is 1.94. The maximum absolute atomic E-state index is 12.7. The third-order valence-electron chi connectivity index (χ3n) is 4.45. The van der Waals surface area contributed by atoms with Gasteiger partial charge >= 0.3 is 0 Å². The first-order valence-electron chi connectivity index (χ1n) is 8.34. The lowest BCUT2D eigenvalue weighted by molar-refractivity contribution is -0.121. The average molecular weight is 442 g/mol. The molecule has 11 heteroatoms. The third kappa shape index (κ3) is 4.05. The lowest BCUT2D eigenvalue weighted by Gasteiger charge is -2.18. The van der Waals surface area contributed by atoms with Crippen LogP contribution in [0.1, 0.15) is 12.8 Å². The summed E-state index contributed by atoms with van der Waals surface area (Å²) in [4.78, 5) is 17.3. The molecule has 2 heterocycles. The van der Waals surface area contributed by atoms with E-state index in [-0.39, 0.29) is 11.4 Å². The molecule has 0 aliphatic carbocycles. The van der Waals surface area contributed by atoms with Crippen LogP contribution >= 0.6 is 11.3 Å². The fourth-order valence-corrected chi connectivity index (χ4v) is 6.08. The number of nitrogens with zero attached hydrogens (tertiary/aromatic N) is 3. The fraction of sp³-hybridized carbons (Fsp3) is 0.412. The highest BCUT2D eigenvalue weighted by molar-refractivity contribution is 7.90. The summed E-state index contributed by atoms with van der Waals surface area (Å²) < 4.78 is 50.8. The lowest BCUT2D eigenvalue weighted by atomic mass is 10.2. The van der Waals surface area contributed by atoms with Gasteiger partial charge in [0, 0.05) is 12.8 Å². The molecule has 1 fully saturated rings. The average Bonchev–Trinajstić information content (AvgIpc) is 3.19. The minimum absolute atomic E-state index is 0.144. The summed E-state index contributed by atoms with van der Waals surface area (Å²) in [6.45, 7) is 0.435. The first-order chi connectivity index (χ1) is 13.0. The number of rotatable bonds is 4. The second-order valence-corrected chi connectivity index (χ2v) is 11.5. The van der Waals surface area contributed by atoms with E-state index in [9.17, 15) is 21.6 Å². The van der Waals surface area contributed by atoms with Crippen molar-refractivity contribution in [3.8, 4) is 12.3 Å².